The molecule has 2 fully saturated rings. The summed E-state index contributed by atoms with van der Waals surface area (Å²) in [6.45, 7) is 2.19. The molecule has 0 bridgehead atoms. The fourth-order valence-corrected chi connectivity index (χ4v) is 2.28. The lowest BCUT2D eigenvalue weighted by Gasteiger charge is -2.35. The maximum atomic E-state index is 5.00. The lowest BCUT2D eigenvalue weighted by atomic mass is 9.85. The Morgan fingerprint density at radius 1 is 1.09 bits per heavy atom. The molecule has 0 radical (unpaired) electrons. The third-order valence-corrected chi connectivity index (χ3v) is 3.20. The van der Waals surface area contributed by atoms with Gasteiger partial charge in [-0.3, -0.25) is 0 Å². The molecule has 0 aromatic rings. The van der Waals surface area contributed by atoms with Gasteiger partial charge in [0.2, 0.25) is 0 Å². The van der Waals surface area contributed by atoms with Gasteiger partial charge in [0.15, 0.2) is 5.11 Å². The molecule has 0 aromatic carbocycles. The van der Waals surface area contributed by atoms with Crippen molar-refractivity contribution in [1.29, 1.82) is 0 Å². The van der Waals surface area contributed by atoms with Crippen LogP contribution in [0, 0.1) is 5.41 Å². The summed E-state index contributed by atoms with van der Waals surface area (Å²) in [6, 6.07) is 0. The Kier molecular flexibility index (Phi) is 1.75. The third kappa shape index (κ3) is 1.34. The van der Waals surface area contributed by atoms with Crippen molar-refractivity contribution in [3.05, 3.63) is 0 Å². The predicted octanol–water partition coefficient (Wildman–Crippen LogP) is 1.02. The average molecular weight is 170 g/mol. The van der Waals surface area contributed by atoms with Gasteiger partial charge in [0.05, 0.1) is 0 Å². The molecule has 2 N–H and O–H groups in total. The van der Waals surface area contributed by atoms with Crippen LogP contribution in [-0.2, 0) is 0 Å². The van der Waals surface area contributed by atoms with E-state index in [1.54, 1.807) is 0 Å². The number of hydrogen-bond donors (Lipinski definition) is 2. The Balaban J connectivity index is 1.99. The SMILES string of the molecule is S=C1NCC2(CCCC2)CN1. The first-order valence-corrected chi connectivity index (χ1v) is 4.73. The summed E-state index contributed by atoms with van der Waals surface area (Å²) in [4.78, 5) is 0. The van der Waals surface area contributed by atoms with Crippen LogP contribution in [-0.4, -0.2) is 18.2 Å². The molecule has 1 aliphatic heterocycles. The third-order valence-electron chi connectivity index (χ3n) is 2.91. The van der Waals surface area contributed by atoms with Gasteiger partial charge in [0, 0.05) is 18.5 Å². The van der Waals surface area contributed by atoms with Crippen molar-refractivity contribution in [3.8, 4) is 0 Å². The Morgan fingerprint density at radius 3 is 2.18 bits per heavy atom. The van der Waals surface area contributed by atoms with Crippen molar-refractivity contribution in [3.63, 3.8) is 0 Å². The Bertz CT molecular complexity index is 161. The summed E-state index contributed by atoms with van der Waals surface area (Å²) in [7, 11) is 0. The molecule has 62 valence electrons. The zero-order valence-corrected chi connectivity index (χ0v) is 7.47. The first-order valence-electron chi connectivity index (χ1n) is 4.33. The molecular formula is C8H14N2S. The van der Waals surface area contributed by atoms with Crippen LogP contribution in [0.2, 0.25) is 0 Å². The predicted molar refractivity (Wildman–Crippen MR) is 49.5 cm³/mol. The Labute approximate surface area is 72.7 Å². The summed E-state index contributed by atoms with van der Waals surface area (Å²) in [6.07, 6.45) is 5.54. The smallest absolute Gasteiger partial charge is 0.166 e. The molecule has 2 nitrogen and oxygen atoms in total. The molecule has 11 heavy (non-hydrogen) atoms. The highest BCUT2D eigenvalue weighted by atomic mass is 32.1. The van der Waals surface area contributed by atoms with Gasteiger partial charge in [-0.15, -0.1) is 0 Å². The van der Waals surface area contributed by atoms with E-state index in [1.165, 1.54) is 25.7 Å². The van der Waals surface area contributed by atoms with E-state index in [-0.39, 0.29) is 0 Å². The second-order valence-electron chi connectivity index (χ2n) is 3.74. The highest BCUT2D eigenvalue weighted by Gasteiger charge is 2.35. The standard InChI is InChI=1S/C8H14N2S/c11-7-9-5-8(6-10-7)3-1-2-4-8/h1-6H2,(H2,9,10,11). The molecule has 0 unspecified atom stereocenters. The fraction of sp³-hybridized carbons (Fsp3) is 0.875. The first-order chi connectivity index (χ1) is 5.31. The molecule has 1 heterocycles. The van der Waals surface area contributed by atoms with Crippen LogP contribution in [0.25, 0.3) is 0 Å². The second-order valence-corrected chi connectivity index (χ2v) is 4.15. The van der Waals surface area contributed by atoms with Gasteiger partial charge >= 0.3 is 0 Å². The molecule has 1 saturated heterocycles. The normalized spacial score (nSPS) is 28.2. The monoisotopic (exact) mass is 170 g/mol. The highest BCUT2D eigenvalue weighted by molar-refractivity contribution is 7.80. The van der Waals surface area contributed by atoms with E-state index in [9.17, 15) is 0 Å². The van der Waals surface area contributed by atoms with Crippen molar-refractivity contribution in [2.75, 3.05) is 13.1 Å². The highest BCUT2D eigenvalue weighted by Crippen LogP contribution is 2.37. The van der Waals surface area contributed by atoms with Gasteiger partial charge in [-0.25, -0.2) is 0 Å². The summed E-state index contributed by atoms with van der Waals surface area (Å²) >= 11 is 5.00. The zero-order chi connectivity index (χ0) is 7.73. The van der Waals surface area contributed by atoms with Gasteiger partial charge in [-0.2, -0.15) is 0 Å². The number of rotatable bonds is 0. The molecule has 1 saturated carbocycles. The van der Waals surface area contributed by atoms with Crippen LogP contribution >= 0.6 is 12.2 Å². The quantitative estimate of drug-likeness (QED) is 0.531. The van der Waals surface area contributed by atoms with Crippen molar-refractivity contribution in [2.45, 2.75) is 25.7 Å². The summed E-state index contributed by atoms with van der Waals surface area (Å²) in [5.74, 6) is 0. The maximum Gasteiger partial charge on any atom is 0.166 e. The molecule has 1 spiro atoms. The molecule has 0 amide bonds. The molecular weight excluding hydrogens is 156 g/mol. The lowest BCUT2D eigenvalue weighted by Crippen LogP contribution is -2.53. The van der Waals surface area contributed by atoms with Crippen LogP contribution in [0.3, 0.4) is 0 Å². The van der Waals surface area contributed by atoms with Crippen molar-refractivity contribution in [2.24, 2.45) is 5.41 Å². The van der Waals surface area contributed by atoms with Gasteiger partial charge in [0.1, 0.15) is 0 Å². The van der Waals surface area contributed by atoms with Crippen LogP contribution < -0.4 is 10.6 Å². The van der Waals surface area contributed by atoms with Gasteiger partial charge in [0.25, 0.3) is 0 Å². The van der Waals surface area contributed by atoms with E-state index in [1.807, 2.05) is 0 Å². The lowest BCUT2D eigenvalue weighted by molar-refractivity contribution is 0.277. The Morgan fingerprint density at radius 2 is 1.64 bits per heavy atom. The Hall–Kier alpha value is -0.310. The van der Waals surface area contributed by atoms with Gasteiger partial charge in [-0.05, 0) is 25.1 Å². The average Bonchev–Trinajstić information content (AvgIpc) is 2.45. The minimum absolute atomic E-state index is 0.544. The van der Waals surface area contributed by atoms with Gasteiger partial charge < -0.3 is 10.6 Å². The van der Waals surface area contributed by atoms with Crippen LogP contribution in [0.1, 0.15) is 25.7 Å². The molecule has 3 heteroatoms. The van der Waals surface area contributed by atoms with E-state index < -0.39 is 0 Å². The van der Waals surface area contributed by atoms with Gasteiger partial charge in [-0.1, -0.05) is 12.8 Å². The second kappa shape index (κ2) is 2.63. The van der Waals surface area contributed by atoms with Crippen molar-refractivity contribution < 1.29 is 0 Å². The summed E-state index contributed by atoms with van der Waals surface area (Å²) in [5.41, 5.74) is 0.544. The summed E-state index contributed by atoms with van der Waals surface area (Å²) in [5, 5.41) is 7.31. The van der Waals surface area contributed by atoms with Crippen molar-refractivity contribution >= 4 is 17.3 Å². The number of nitrogens with one attached hydrogen (secondary N) is 2. The number of hydrogen-bond acceptors (Lipinski definition) is 1. The molecule has 0 aromatic heterocycles. The van der Waals surface area contributed by atoms with Crippen LogP contribution in [0.4, 0.5) is 0 Å². The fourth-order valence-electron chi connectivity index (χ4n) is 2.14. The van der Waals surface area contributed by atoms with Crippen LogP contribution in [0.15, 0.2) is 0 Å². The zero-order valence-electron chi connectivity index (χ0n) is 6.65. The first kappa shape index (κ1) is 7.35. The van der Waals surface area contributed by atoms with E-state index in [0.29, 0.717) is 5.41 Å². The molecule has 0 atom stereocenters. The van der Waals surface area contributed by atoms with E-state index >= 15 is 0 Å². The minimum atomic E-state index is 0.544. The van der Waals surface area contributed by atoms with E-state index in [0.717, 1.165) is 18.2 Å². The van der Waals surface area contributed by atoms with Crippen molar-refractivity contribution in [1.82, 2.24) is 10.6 Å². The minimum Gasteiger partial charge on any atom is -0.362 e. The van der Waals surface area contributed by atoms with E-state index in [2.05, 4.69) is 10.6 Å². The molecule has 2 rings (SSSR count). The molecule has 1 aliphatic carbocycles. The maximum absolute atomic E-state index is 5.00. The van der Waals surface area contributed by atoms with E-state index in [4.69, 9.17) is 12.2 Å². The largest absolute Gasteiger partial charge is 0.362 e. The van der Waals surface area contributed by atoms with Crippen LogP contribution in [0.5, 0.6) is 0 Å². The summed E-state index contributed by atoms with van der Waals surface area (Å²) < 4.78 is 0. The topological polar surface area (TPSA) is 24.1 Å². The molecule has 2 aliphatic rings. The number of thiocarbonyl (C=S) groups is 1.